The lowest BCUT2D eigenvalue weighted by Crippen LogP contribution is -2.41. The Balaban J connectivity index is 2.35. The van der Waals surface area contributed by atoms with Gasteiger partial charge in [0.15, 0.2) is 0 Å². The smallest absolute Gasteiger partial charge is 0.244 e. The van der Waals surface area contributed by atoms with Crippen molar-refractivity contribution < 1.29 is 17.9 Å². The van der Waals surface area contributed by atoms with Gasteiger partial charge in [-0.25, -0.2) is 13.1 Å². The minimum atomic E-state index is -3.70. The Hall–Kier alpha value is -0.980. The van der Waals surface area contributed by atoms with Crippen molar-refractivity contribution in [2.75, 3.05) is 14.2 Å². The van der Waals surface area contributed by atoms with Gasteiger partial charge in [0.1, 0.15) is 16.4 Å². The quantitative estimate of drug-likeness (QED) is 0.888. The first-order valence-corrected chi connectivity index (χ1v) is 9.19. The number of benzene rings is 1. The molecular weight excluding hydrogens is 326 g/mol. The summed E-state index contributed by atoms with van der Waals surface area (Å²) in [6.45, 7) is 2.08. The molecule has 1 aromatic rings. The summed E-state index contributed by atoms with van der Waals surface area (Å²) < 4.78 is 38.5. The van der Waals surface area contributed by atoms with Crippen molar-refractivity contribution in [3.63, 3.8) is 0 Å². The van der Waals surface area contributed by atoms with Crippen LogP contribution in [0, 0.1) is 5.92 Å². The van der Waals surface area contributed by atoms with Crippen molar-refractivity contribution in [2.24, 2.45) is 5.92 Å². The minimum Gasteiger partial charge on any atom is -0.495 e. The molecule has 0 bridgehead atoms. The fourth-order valence-corrected chi connectivity index (χ4v) is 4.57. The van der Waals surface area contributed by atoms with E-state index in [0.29, 0.717) is 16.7 Å². The van der Waals surface area contributed by atoms with Crippen LogP contribution in [0.5, 0.6) is 11.5 Å². The molecule has 0 heterocycles. The normalized spacial score (nSPS) is 22.4. The van der Waals surface area contributed by atoms with Crippen LogP contribution in [-0.2, 0) is 10.0 Å². The van der Waals surface area contributed by atoms with E-state index in [4.69, 9.17) is 21.1 Å². The lowest BCUT2D eigenvalue weighted by Gasteiger charge is -2.29. The maximum absolute atomic E-state index is 12.7. The molecule has 1 N–H and O–H groups in total. The zero-order valence-corrected chi connectivity index (χ0v) is 14.6. The van der Waals surface area contributed by atoms with Crippen LogP contribution in [0.1, 0.15) is 32.6 Å². The van der Waals surface area contributed by atoms with Gasteiger partial charge in [-0.15, -0.1) is 0 Å². The number of methoxy groups -OCH3 is 2. The van der Waals surface area contributed by atoms with E-state index in [9.17, 15) is 8.42 Å². The molecule has 1 aliphatic rings. The van der Waals surface area contributed by atoms with Crippen LogP contribution in [0.4, 0.5) is 0 Å². The van der Waals surface area contributed by atoms with Crippen LogP contribution in [0.3, 0.4) is 0 Å². The summed E-state index contributed by atoms with van der Waals surface area (Å²) >= 11 is 6.03. The average Bonchev–Trinajstić information content (AvgIpc) is 2.48. The Morgan fingerprint density at radius 1 is 1.14 bits per heavy atom. The number of rotatable bonds is 5. The average molecular weight is 348 g/mol. The first-order valence-electron chi connectivity index (χ1n) is 7.33. The molecule has 0 aromatic heterocycles. The van der Waals surface area contributed by atoms with Gasteiger partial charge in [-0.3, -0.25) is 0 Å². The highest BCUT2D eigenvalue weighted by Crippen LogP contribution is 2.35. The van der Waals surface area contributed by atoms with E-state index < -0.39 is 10.0 Å². The zero-order valence-electron chi connectivity index (χ0n) is 13.1. The van der Waals surface area contributed by atoms with Crippen LogP contribution in [-0.4, -0.2) is 28.7 Å². The summed E-state index contributed by atoms with van der Waals surface area (Å²) in [5.41, 5.74) is 0. The van der Waals surface area contributed by atoms with Crippen molar-refractivity contribution in [3.05, 3.63) is 17.2 Å². The first kappa shape index (κ1) is 17.4. The van der Waals surface area contributed by atoms with Gasteiger partial charge in [0, 0.05) is 18.2 Å². The first-order chi connectivity index (χ1) is 10.4. The van der Waals surface area contributed by atoms with Crippen molar-refractivity contribution >= 4 is 21.6 Å². The molecule has 5 nitrogen and oxygen atoms in total. The predicted molar refractivity (Wildman–Crippen MR) is 86.3 cm³/mol. The molecule has 22 heavy (non-hydrogen) atoms. The summed E-state index contributed by atoms with van der Waals surface area (Å²) in [7, 11) is -0.836. The molecule has 0 radical (unpaired) electrons. The molecule has 7 heteroatoms. The molecule has 0 amide bonds. The molecule has 0 unspecified atom stereocenters. The second-order valence-corrected chi connectivity index (χ2v) is 7.72. The van der Waals surface area contributed by atoms with Gasteiger partial charge in [-0.2, -0.15) is 0 Å². The van der Waals surface area contributed by atoms with Gasteiger partial charge in [0.05, 0.1) is 19.2 Å². The Kier molecular flexibility index (Phi) is 5.58. The predicted octanol–water partition coefficient (Wildman–Crippen LogP) is 3.21. The molecule has 1 aromatic carbocycles. The van der Waals surface area contributed by atoms with E-state index in [2.05, 4.69) is 11.6 Å². The number of hydrogen-bond acceptors (Lipinski definition) is 4. The monoisotopic (exact) mass is 347 g/mol. The van der Waals surface area contributed by atoms with E-state index in [1.165, 1.54) is 26.4 Å². The third kappa shape index (κ3) is 3.67. The summed E-state index contributed by atoms with van der Waals surface area (Å²) in [5, 5.41) is 0.310. The van der Waals surface area contributed by atoms with Crippen LogP contribution in [0.15, 0.2) is 17.0 Å². The topological polar surface area (TPSA) is 64.6 Å². The van der Waals surface area contributed by atoms with Gasteiger partial charge >= 0.3 is 0 Å². The fraction of sp³-hybridized carbons (Fsp3) is 0.600. The van der Waals surface area contributed by atoms with Crippen molar-refractivity contribution in [2.45, 2.75) is 43.5 Å². The van der Waals surface area contributed by atoms with Crippen LogP contribution in [0.25, 0.3) is 0 Å². The highest BCUT2D eigenvalue weighted by Gasteiger charge is 2.29. The highest BCUT2D eigenvalue weighted by atomic mass is 35.5. The molecular formula is C15H22ClNO4S. The third-order valence-electron chi connectivity index (χ3n) is 4.15. The second-order valence-electron chi connectivity index (χ2n) is 5.63. The summed E-state index contributed by atoms with van der Waals surface area (Å²) in [4.78, 5) is 0.0500. The maximum Gasteiger partial charge on any atom is 0.244 e. The molecule has 0 aliphatic heterocycles. The molecule has 1 fully saturated rings. The number of halogens is 1. The van der Waals surface area contributed by atoms with E-state index in [0.717, 1.165) is 25.7 Å². The maximum atomic E-state index is 12.7. The van der Waals surface area contributed by atoms with Crippen LogP contribution < -0.4 is 14.2 Å². The molecule has 1 saturated carbocycles. The highest BCUT2D eigenvalue weighted by molar-refractivity contribution is 7.89. The van der Waals surface area contributed by atoms with Gasteiger partial charge in [0.2, 0.25) is 10.0 Å². The number of hydrogen-bond donors (Lipinski definition) is 1. The molecule has 2 rings (SSSR count). The summed E-state index contributed by atoms with van der Waals surface area (Å²) in [5.74, 6) is 0.838. The zero-order chi connectivity index (χ0) is 16.3. The molecule has 0 spiro atoms. The minimum absolute atomic E-state index is 0.0500. The molecule has 124 valence electrons. The summed E-state index contributed by atoms with van der Waals surface area (Å²) in [6, 6.07) is 2.81. The lowest BCUT2D eigenvalue weighted by atomic mass is 9.87. The standard InChI is InChI=1S/C15H22ClNO4S/c1-10-6-4-5-7-12(10)17-22(18,19)15-9-13(20-2)11(16)8-14(15)21-3/h8-10,12,17H,4-7H2,1-3H3/t10-,12-/m0/s1. The van der Waals surface area contributed by atoms with Gasteiger partial charge in [-0.1, -0.05) is 31.4 Å². The van der Waals surface area contributed by atoms with E-state index >= 15 is 0 Å². The lowest BCUT2D eigenvalue weighted by molar-refractivity contribution is 0.310. The Morgan fingerprint density at radius 2 is 1.77 bits per heavy atom. The number of nitrogens with one attached hydrogen (secondary N) is 1. The largest absolute Gasteiger partial charge is 0.495 e. The van der Waals surface area contributed by atoms with Gasteiger partial charge in [0.25, 0.3) is 0 Å². The van der Waals surface area contributed by atoms with Crippen molar-refractivity contribution in [3.8, 4) is 11.5 Å². The number of sulfonamides is 1. The van der Waals surface area contributed by atoms with Gasteiger partial charge in [-0.05, 0) is 18.8 Å². The van der Waals surface area contributed by atoms with E-state index in [-0.39, 0.29) is 16.7 Å². The van der Waals surface area contributed by atoms with E-state index in [1.54, 1.807) is 0 Å². The summed E-state index contributed by atoms with van der Waals surface area (Å²) in [6.07, 6.45) is 4.08. The molecule has 1 aliphatic carbocycles. The molecule has 2 atom stereocenters. The second kappa shape index (κ2) is 7.06. The Bertz CT molecular complexity index is 633. The van der Waals surface area contributed by atoms with Crippen molar-refractivity contribution in [1.29, 1.82) is 0 Å². The van der Waals surface area contributed by atoms with Crippen molar-refractivity contribution in [1.82, 2.24) is 4.72 Å². The van der Waals surface area contributed by atoms with Gasteiger partial charge < -0.3 is 9.47 Å². The van der Waals surface area contributed by atoms with Crippen LogP contribution >= 0.6 is 11.6 Å². The Labute approximate surface area is 137 Å². The van der Waals surface area contributed by atoms with E-state index in [1.807, 2.05) is 0 Å². The third-order valence-corrected chi connectivity index (χ3v) is 5.95. The molecule has 0 saturated heterocycles. The fourth-order valence-electron chi connectivity index (χ4n) is 2.80. The Morgan fingerprint density at radius 3 is 2.36 bits per heavy atom. The number of ether oxygens (including phenoxy) is 2. The van der Waals surface area contributed by atoms with Crippen LogP contribution in [0.2, 0.25) is 5.02 Å². The SMILES string of the molecule is COc1cc(S(=O)(=O)N[C@H]2CCCC[C@@H]2C)c(OC)cc1Cl.